The quantitative estimate of drug-likeness (QED) is 0.397. The molecule has 106 valence electrons. The topological polar surface area (TPSA) is 83.9 Å². The Labute approximate surface area is 108 Å². The number of rotatable bonds is 8. The van der Waals surface area contributed by atoms with Crippen LogP contribution in [0.2, 0.25) is 0 Å². The highest BCUT2D eigenvalue weighted by Crippen LogP contribution is 2.09. The van der Waals surface area contributed by atoms with Gasteiger partial charge in [0.05, 0.1) is 12.4 Å². The maximum atomic E-state index is 11.2. The van der Waals surface area contributed by atoms with Crippen molar-refractivity contribution in [2.24, 2.45) is 5.92 Å². The average molecular weight is 279 g/mol. The summed E-state index contributed by atoms with van der Waals surface area (Å²) >= 11 is 0. The molecule has 0 aliphatic rings. The average Bonchev–Trinajstić information content (AvgIpc) is 2.19. The van der Waals surface area contributed by atoms with Crippen molar-refractivity contribution in [3.8, 4) is 0 Å². The molecule has 1 unspecified atom stereocenters. The summed E-state index contributed by atoms with van der Waals surface area (Å²) in [7, 11) is -0.368. The molecule has 1 atom stereocenters. The Morgan fingerprint density at radius 2 is 2.00 bits per heavy atom. The fourth-order valence-corrected chi connectivity index (χ4v) is 2.13. The zero-order valence-electron chi connectivity index (χ0n) is 11.0. The summed E-state index contributed by atoms with van der Waals surface area (Å²) in [4.78, 5) is 13.1. The summed E-state index contributed by atoms with van der Waals surface area (Å²) in [5.74, 6) is -1.39. The highest BCUT2D eigenvalue weighted by molar-refractivity contribution is 7.85. The lowest BCUT2D eigenvalue weighted by Crippen LogP contribution is -2.26. The molecule has 0 bridgehead atoms. The van der Waals surface area contributed by atoms with Crippen LogP contribution in [0.4, 0.5) is 0 Å². The molecular formula is C11H21NO5S. The van der Waals surface area contributed by atoms with E-state index in [1.807, 2.05) is 19.0 Å². The van der Waals surface area contributed by atoms with E-state index >= 15 is 0 Å². The molecule has 0 amide bonds. The molecule has 0 rings (SSSR count). The van der Waals surface area contributed by atoms with E-state index in [-0.39, 0.29) is 12.2 Å². The third kappa shape index (κ3) is 9.15. The number of esters is 1. The molecule has 0 saturated carbocycles. The van der Waals surface area contributed by atoms with Crippen LogP contribution in [-0.4, -0.2) is 56.8 Å². The molecule has 0 aliphatic heterocycles. The van der Waals surface area contributed by atoms with Gasteiger partial charge in [-0.2, -0.15) is 8.42 Å². The van der Waals surface area contributed by atoms with Crippen molar-refractivity contribution in [3.05, 3.63) is 12.2 Å². The fraction of sp³-hybridized carbons (Fsp3) is 0.727. The van der Waals surface area contributed by atoms with Gasteiger partial charge in [0.1, 0.15) is 0 Å². The number of ether oxygens (including phenoxy) is 1. The zero-order valence-corrected chi connectivity index (χ0v) is 11.9. The van der Waals surface area contributed by atoms with E-state index in [1.165, 1.54) is 6.92 Å². The van der Waals surface area contributed by atoms with E-state index in [0.717, 1.165) is 0 Å². The van der Waals surface area contributed by atoms with Gasteiger partial charge in [0, 0.05) is 11.5 Å². The number of carbonyl (C=O) groups excluding carboxylic acids is 1. The van der Waals surface area contributed by atoms with Gasteiger partial charge in [0.15, 0.2) is 0 Å². The smallest absolute Gasteiger partial charge is 0.333 e. The standard InChI is InChI=1S/C11H21NO5S/c1-9(2)11(13)17-7-10(5-6-12(3)4)8-18(14,15)16/h10H,1,5-8H2,2-4H3,(H,14,15,16). The van der Waals surface area contributed by atoms with Crippen molar-refractivity contribution >= 4 is 16.1 Å². The van der Waals surface area contributed by atoms with E-state index in [0.29, 0.717) is 13.0 Å². The molecule has 0 aromatic rings. The van der Waals surface area contributed by atoms with E-state index in [4.69, 9.17) is 9.29 Å². The third-order valence-corrected chi connectivity index (χ3v) is 3.12. The molecule has 6 nitrogen and oxygen atoms in total. The molecule has 0 spiro atoms. The first-order chi connectivity index (χ1) is 8.11. The van der Waals surface area contributed by atoms with Crippen molar-refractivity contribution in [1.29, 1.82) is 0 Å². The Morgan fingerprint density at radius 1 is 1.44 bits per heavy atom. The fourth-order valence-electron chi connectivity index (χ4n) is 1.27. The predicted molar refractivity (Wildman–Crippen MR) is 68.8 cm³/mol. The summed E-state index contributed by atoms with van der Waals surface area (Å²) < 4.78 is 35.4. The summed E-state index contributed by atoms with van der Waals surface area (Å²) in [5, 5.41) is 0. The maximum Gasteiger partial charge on any atom is 0.333 e. The van der Waals surface area contributed by atoms with Crippen LogP contribution in [0.5, 0.6) is 0 Å². The van der Waals surface area contributed by atoms with Gasteiger partial charge in [-0.05, 0) is 34.0 Å². The first-order valence-electron chi connectivity index (χ1n) is 5.54. The second kappa shape index (κ2) is 7.50. The largest absolute Gasteiger partial charge is 0.462 e. The van der Waals surface area contributed by atoms with Crippen LogP contribution in [0.25, 0.3) is 0 Å². The van der Waals surface area contributed by atoms with Crippen LogP contribution in [0, 0.1) is 5.92 Å². The monoisotopic (exact) mass is 279 g/mol. The SMILES string of the molecule is C=C(C)C(=O)OCC(CCN(C)C)CS(=O)(=O)O. The van der Waals surface area contributed by atoms with Crippen molar-refractivity contribution in [1.82, 2.24) is 4.90 Å². The molecule has 0 fully saturated rings. The maximum absolute atomic E-state index is 11.2. The summed E-state index contributed by atoms with van der Waals surface area (Å²) in [5.41, 5.74) is 0.258. The highest BCUT2D eigenvalue weighted by atomic mass is 32.2. The summed E-state index contributed by atoms with van der Waals surface area (Å²) in [6, 6.07) is 0. The molecule has 0 heterocycles. The molecule has 0 aliphatic carbocycles. The van der Waals surface area contributed by atoms with Gasteiger partial charge in [0.2, 0.25) is 0 Å². The van der Waals surface area contributed by atoms with Crippen molar-refractivity contribution in [2.75, 3.05) is 33.0 Å². The van der Waals surface area contributed by atoms with Gasteiger partial charge in [-0.1, -0.05) is 6.58 Å². The van der Waals surface area contributed by atoms with E-state index in [1.54, 1.807) is 0 Å². The van der Waals surface area contributed by atoms with E-state index in [9.17, 15) is 13.2 Å². The van der Waals surface area contributed by atoms with Crippen LogP contribution in [0.15, 0.2) is 12.2 Å². The van der Waals surface area contributed by atoms with Gasteiger partial charge in [-0.25, -0.2) is 4.79 Å². The van der Waals surface area contributed by atoms with Gasteiger partial charge in [-0.15, -0.1) is 0 Å². The second-order valence-electron chi connectivity index (χ2n) is 4.59. The Bertz CT molecular complexity index is 388. The lowest BCUT2D eigenvalue weighted by molar-refractivity contribution is -0.140. The van der Waals surface area contributed by atoms with Gasteiger partial charge >= 0.3 is 5.97 Å². The molecule has 0 aromatic carbocycles. The van der Waals surface area contributed by atoms with Gasteiger partial charge in [-0.3, -0.25) is 4.55 Å². The molecule has 7 heteroatoms. The second-order valence-corrected chi connectivity index (χ2v) is 6.08. The Morgan fingerprint density at radius 3 is 2.39 bits per heavy atom. The zero-order chi connectivity index (χ0) is 14.3. The third-order valence-electron chi connectivity index (χ3n) is 2.23. The first-order valence-corrected chi connectivity index (χ1v) is 7.15. The molecule has 18 heavy (non-hydrogen) atoms. The minimum atomic E-state index is -4.07. The molecule has 0 aromatic heterocycles. The Kier molecular flexibility index (Phi) is 7.12. The molecule has 1 N–H and O–H groups in total. The molecule has 0 saturated heterocycles. The summed E-state index contributed by atoms with van der Waals surface area (Å²) in [6.45, 7) is 5.55. The van der Waals surface area contributed by atoms with Gasteiger partial charge in [0.25, 0.3) is 10.1 Å². The number of hydrogen-bond acceptors (Lipinski definition) is 5. The normalized spacial score (nSPS) is 13.4. The number of carbonyl (C=O) groups is 1. The van der Waals surface area contributed by atoms with Crippen LogP contribution < -0.4 is 0 Å². The first kappa shape index (κ1) is 17.1. The molecular weight excluding hydrogens is 258 g/mol. The van der Waals surface area contributed by atoms with Crippen LogP contribution in [0.1, 0.15) is 13.3 Å². The highest BCUT2D eigenvalue weighted by Gasteiger charge is 2.19. The summed E-state index contributed by atoms with van der Waals surface area (Å²) in [6.07, 6.45) is 0.510. The Hall–Kier alpha value is -0.920. The number of nitrogens with zero attached hydrogens (tertiary/aromatic N) is 1. The van der Waals surface area contributed by atoms with Crippen molar-refractivity contribution in [2.45, 2.75) is 13.3 Å². The Balaban J connectivity index is 4.38. The van der Waals surface area contributed by atoms with E-state index in [2.05, 4.69) is 6.58 Å². The van der Waals surface area contributed by atoms with Crippen LogP contribution in [-0.2, 0) is 19.6 Å². The lowest BCUT2D eigenvalue weighted by Gasteiger charge is -2.18. The van der Waals surface area contributed by atoms with Crippen LogP contribution in [0.3, 0.4) is 0 Å². The van der Waals surface area contributed by atoms with Crippen molar-refractivity contribution in [3.63, 3.8) is 0 Å². The predicted octanol–water partition coefficient (Wildman–Crippen LogP) is 0.561. The van der Waals surface area contributed by atoms with E-state index < -0.39 is 27.8 Å². The lowest BCUT2D eigenvalue weighted by atomic mass is 10.1. The van der Waals surface area contributed by atoms with Crippen molar-refractivity contribution < 1.29 is 22.5 Å². The van der Waals surface area contributed by atoms with Gasteiger partial charge < -0.3 is 9.64 Å². The minimum Gasteiger partial charge on any atom is -0.462 e. The van der Waals surface area contributed by atoms with Crippen LogP contribution >= 0.6 is 0 Å². The number of hydrogen-bond donors (Lipinski definition) is 1. The molecule has 0 radical (unpaired) electrons. The minimum absolute atomic E-state index is 0.0423.